The fraction of sp³-hybridized carbons (Fsp3) is 0.241. The Labute approximate surface area is 239 Å². The van der Waals surface area contributed by atoms with E-state index in [2.05, 4.69) is 32.1 Å². The first-order chi connectivity index (χ1) is 20.0. The quantitative estimate of drug-likeness (QED) is 0.376. The maximum Gasteiger partial charge on any atom is 0.416 e. The van der Waals surface area contributed by atoms with E-state index in [9.17, 15) is 27.9 Å². The Kier molecular flexibility index (Phi) is 7.96. The molecule has 1 atom stereocenters. The summed E-state index contributed by atoms with van der Waals surface area (Å²) in [5.74, 6) is -0.598. The van der Waals surface area contributed by atoms with Crippen molar-refractivity contribution >= 4 is 46.7 Å². The monoisotopic (exact) mass is 579 g/mol. The van der Waals surface area contributed by atoms with Crippen LogP contribution in [0.5, 0.6) is 0 Å². The highest BCUT2D eigenvalue weighted by molar-refractivity contribution is 6.03. The second kappa shape index (κ2) is 11.6. The van der Waals surface area contributed by atoms with E-state index in [-0.39, 0.29) is 28.9 Å². The number of piperazine rings is 1. The fourth-order valence-electron chi connectivity index (χ4n) is 4.69. The van der Waals surface area contributed by atoms with Gasteiger partial charge in [-0.2, -0.15) is 18.2 Å². The van der Waals surface area contributed by atoms with Gasteiger partial charge in [0.2, 0.25) is 11.9 Å². The number of carbonyl (C=O) groups excluding carboxylic acids is 2. The summed E-state index contributed by atoms with van der Waals surface area (Å²) in [5.41, 5.74) is 0.594. The van der Waals surface area contributed by atoms with Crippen LogP contribution in [0.2, 0.25) is 0 Å². The zero-order valence-electron chi connectivity index (χ0n) is 22.6. The van der Waals surface area contributed by atoms with E-state index < -0.39 is 23.9 Å². The Morgan fingerprint density at radius 3 is 2.50 bits per heavy atom. The number of aliphatic hydroxyl groups is 1. The highest BCUT2D eigenvalue weighted by atomic mass is 19.4. The van der Waals surface area contributed by atoms with Gasteiger partial charge in [0, 0.05) is 55.0 Å². The van der Waals surface area contributed by atoms with Gasteiger partial charge in [-0.15, -0.1) is 0 Å². The maximum absolute atomic E-state index is 13.6. The molecule has 0 radical (unpaired) electrons. The van der Waals surface area contributed by atoms with Gasteiger partial charge in [0.15, 0.2) is 6.23 Å². The third kappa shape index (κ3) is 6.11. The van der Waals surface area contributed by atoms with Crippen molar-refractivity contribution in [3.63, 3.8) is 0 Å². The molecule has 218 valence electrons. The van der Waals surface area contributed by atoms with Gasteiger partial charge in [-0.25, -0.2) is 4.98 Å². The number of benzene rings is 2. The second-order valence-electron chi connectivity index (χ2n) is 9.86. The summed E-state index contributed by atoms with van der Waals surface area (Å²) < 4.78 is 39.7. The maximum atomic E-state index is 13.6. The zero-order chi connectivity index (χ0) is 30.0. The molecule has 1 aromatic heterocycles. The molecule has 13 heteroatoms. The van der Waals surface area contributed by atoms with Crippen LogP contribution in [0.1, 0.15) is 11.1 Å². The van der Waals surface area contributed by atoms with Crippen LogP contribution < -0.4 is 15.5 Å². The van der Waals surface area contributed by atoms with Crippen molar-refractivity contribution in [2.75, 3.05) is 48.8 Å². The number of halogens is 3. The lowest BCUT2D eigenvalue weighted by atomic mass is 10.0. The minimum atomic E-state index is -4.53. The topological polar surface area (TPSA) is 114 Å². The lowest BCUT2D eigenvalue weighted by Crippen LogP contribution is -2.50. The van der Waals surface area contributed by atoms with Gasteiger partial charge in [-0.3, -0.25) is 14.5 Å². The number of alkyl halides is 3. The fourth-order valence-corrected chi connectivity index (χ4v) is 4.69. The van der Waals surface area contributed by atoms with E-state index >= 15 is 0 Å². The molecule has 10 nitrogen and oxygen atoms in total. The van der Waals surface area contributed by atoms with Crippen molar-refractivity contribution in [3.8, 4) is 0 Å². The number of hydrogen-bond acceptors (Lipinski definition) is 8. The number of amides is 2. The molecule has 0 bridgehead atoms. The number of fused-ring (bicyclic) bond motifs is 1. The molecular formula is C29H28F3N7O3. The van der Waals surface area contributed by atoms with Crippen molar-refractivity contribution < 1.29 is 27.9 Å². The number of anilines is 5. The third-order valence-corrected chi connectivity index (χ3v) is 6.92. The molecule has 2 aliphatic heterocycles. The van der Waals surface area contributed by atoms with Crippen LogP contribution >= 0.6 is 0 Å². The molecule has 3 N–H and O–H groups in total. The summed E-state index contributed by atoms with van der Waals surface area (Å²) in [6.07, 6.45) is -1.93. The lowest BCUT2D eigenvalue weighted by Gasteiger charge is -2.38. The number of carbonyl (C=O) groups is 2. The molecular weight excluding hydrogens is 551 g/mol. The number of nitrogens with zero attached hydrogens (tertiary/aromatic N) is 5. The molecule has 5 rings (SSSR count). The van der Waals surface area contributed by atoms with Crippen LogP contribution in [0.3, 0.4) is 0 Å². The van der Waals surface area contributed by atoms with E-state index in [0.717, 1.165) is 18.2 Å². The van der Waals surface area contributed by atoms with Crippen molar-refractivity contribution in [2.24, 2.45) is 0 Å². The summed E-state index contributed by atoms with van der Waals surface area (Å²) in [5, 5.41) is 17.1. The van der Waals surface area contributed by atoms with Crippen LogP contribution in [-0.2, 0) is 15.8 Å². The molecule has 2 amide bonds. The third-order valence-electron chi connectivity index (χ3n) is 6.92. The van der Waals surface area contributed by atoms with Crippen LogP contribution in [-0.4, -0.2) is 76.1 Å². The molecule has 2 aliphatic rings. The molecule has 0 spiro atoms. The number of aromatic nitrogens is 2. The van der Waals surface area contributed by atoms with Crippen LogP contribution in [0.25, 0.3) is 6.08 Å². The molecule has 3 heterocycles. The Bertz CT molecular complexity index is 1550. The summed E-state index contributed by atoms with van der Waals surface area (Å²) in [4.78, 5) is 39.5. The number of rotatable bonds is 6. The zero-order valence-corrected chi connectivity index (χ0v) is 22.6. The molecule has 1 fully saturated rings. The number of hydrogen-bond donors (Lipinski definition) is 3. The molecule has 3 aromatic rings. The Morgan fingerprint density at radius 1 is 1.07 bits per heavy atom. The average molecular weight is 580 g/mol. The molecule has 1 unspecified atom stereocenters. The summed E-state index contributed by atoms with van der Waals surface area (Å²) in [6.45, 7) is 5.81. The predicted octanol–water partition coefficient (Wildman–Crippen LogP) is 3.99. The first-order valence-corrected chi connectivity index (χ1v) is 13.0. The molecule has 2 aromatic carbocycles. The van der Waals surface area contributed by atoms with Gasteiger partial charge in [-0.1, -0.05) is 18.7 Å². The minimum absolute atomic E-state index is 0.0244. The van der Waals surface area contributed by atoms with Gasteiger partial charge < -0.3 is 25.5 Å². The van der Waals surface area contributed by atoms with Crippen molar-refractivity contribution in [1.82, 2.24) is 19.8 Å². The molecule has 0 saturated carbocycles. The summed E-state index contributed by atoms with van der Waals surface area (Å²) >= 11 is 0. The standard InChI is InChI=1S/C29H28F3N7O3/c1-3-24(40)34-21-8-5-9-22(16-21)39-25-18(14-23(27(39)42)26(41)38-12-10-37(2)11-13-38)17-33-28(36-25)35-20-7-4-6-19(15-20)29(30,31)32/h3-9,14-17,27,42H,1,10-13H2,2H3,(H,34,40)(H,33,35,36). The SMILES string of the molecule is C=CC(=O)Nc1cccc(N2c3nc(Nc4cccc(C(F)(F)F)c4)ncc3C=C(C(=O)N3CCN(C)CC3)C2O)c1. The van der Waals surface area contributed by atoms with Crippen molar-refractivity contribution in [3.05, 3.63) is 84.1 Å². The normalized spacial score (nSPS) is 17.3. The smallest absolute Gasteiger partial charge is 0.369 e. The van der Waals surface area contributed by atoms with E-state index in [1.807, 2.05) is 7.05 Å². The molecule has 1 saturated heterocycles. The van der Waals surface area contributed by atoms with Crippen LogP contribution in [0.4, 0.5) is 42.0 Å². The van der Waals surface area contributed by atoms with Crippen LogP contribution in [0, 0.1) is 0 Å². The Hall–Kier alpha value is -4.75. The Balaban J connectivity index is 1.55. The summed E-state index contributed by atoms with van der Waals surface area (Å²) in [6, 6.07) is 11.2. The van der Waals surface area contributed by atoms with Gasteiger partial charge in [0.05, 0.1) is 11.1 Å². The number of nitrogens with one attached hydrogen (secondary N) is 2. The van der Waals surface area contributed by atoms with Gasteiger partial charge in [-0.05, 0) is 55.6 Å². The Morgan fingerprint density at radius 2 is 1.79 bits per heavy atom. The highest BCUT2D eigenvalue weighted by Crippen LogP contribution is 2.38. The van der Waals surface area contributed by atoms with E-state index in [1.165, 1.54) is 29.3 Å². The first kappa shape index (κ1) is 28.8. The summed E-state index contributed by atoms with van der Waals surface area (Å²) in [7, 11) is 1.97. The van der Waals surface area contributed by atoms with E-state index in [1.54, 1.807) is 29.2 Å². The molecule has 42 heavy (non-hydrogen) atoms. The minimum Gasteiger partial charge on any atom is -0.369 e. The van der Waals surface area contributed by atoms with Crippen LogP contribution in [0.15, 0.2) is 73.0 Å². The van der Waals surface area contributed by atoms with Gasteiger partial charge >= 0.3 is 6.18 Å². The number of likely N-dealkylation sites (N-methyl/N-ethyl adjacent to an activating group) is 1. The van der Waals surface area contributed by atoms with Crippen molar-refractivity contribution in [2.45, 2.75) is 12.4 Å². The van der Waals surface area contributed by atoms with Gasteiger partial charge in [0.1, 0.15) is 5.82 Å². The average Bonchev–Trinajstić information content (AvgIpc) is 2.96. The highest BCUT2D eigenvalue weighted by Gasteiger charge is 2.36. The van der Waals surface area contributed by atoms with E-state index in [0.29, 0.717) is 43.1 Å². The number of aliphatic hydroxyl groups excluding tert-OH is 1. The molecule has 0 aliphatic carbocycles. The van der Waals surface area contributed by atoms with E-state index in [4.69, 9.17) is 0 Å². The van der Waals surface area contributed by atoms with Gasteiger partial charge in [0.25, 0.3) is 5.91 Å². The second-order valence-corrected chi connectivity index (χ2v) is 9.86. The first-order valence-electron chi connectivity index (χ1n) is 13.0. The van der Waals surface area contributed by atoms with Crippen molar-refractivity contribution in [1.29, 1.82) is 0 Å². The lowest BCUT2D eigenvalue weighted by molar-refractivity contribution is -0.137. The largest absolute Gasteiger partial charge is 0.416 e. The predicted molar refractivity (Wildman–Crippen MR) is 152 cm³/mol.